The number of hydrogen-bond donors (Lipinski definition) is 4. The summed E-state index contributed by atoms with van der Waals surface area (Å²) in [5.41, 5.74) is 1.71. The summed E-state index contributed by atoms with van der Waals surface area (Å²) in [6.07, 6.45) is 2.11. The Morgan fingerprint density at radius 1 is 1.06 bits per heavy atom. The minimum Gasteiger partial charge on any atom is -0.352 e. The van der Waals surface area contributed by atoms with E-state index in [1.54, 1.807) is 18.2 Å². The van der Waals surface area contributed by atoms with Gasteiger partial charge in [-0.15, -0.1) is 0 Å². The van der Waals surface area contributed by atoms with E-state index in [-0.39, 0.29) is 42.0 Å². The number of anilines is 1. The fraction of sp³-hybridized carbons (Fsp3) is 0.478. The molecule has 4 N–H and O–H groups in total. The van der Waals surface area contributed by atoms with Crippen molar-refractivity contribution in [3.8, 4) is 0 Å². The molecule has 1 atom stereocenters. The largest absolute Gasteiger partial charge is 0.352 e. The van der Waals surface area contributed by atoms with E-state index in [1.165, 1.54) is 6.20 Å². The van der Waals surface area contributed by atoms with Gasteiger partial charge in [-0.25, -0.2) is 0 Å². The second kappa shape index (κ2) is 10.7. The van der Waals surface area contributed by atoms with Gasteiger partial charge in [0.15, 0.2) is 0 Å². The minimum atomic E-state index is -0.670. The van der Waals surface area contributed by atoms with Gasteiger partial charge >= 0.3 is 0 Å². The maximum atomic E-state index is 12.5. The predicted octanol–water partition coefficient (Wildman–Crippen LogP) is 3.00. The molecule has 31 heavy (non-hydrogen) atoms. The molecule has 1 heterocycles. The SMILES string of the molecule is CC(C)CC(NC(=O)CCNC(=O)c1ccc(C(C)(C)C)cc1)C(=O)Nc1ccn[nH]1. The van der Waals surface area contributed by atoms with Crippen LogP contribution in [0.2, 0.25) is 0 Å². The third kappa shape index (κ3) is 7.88. The normalized spacial score (nSPS) is 12.3. The van der Waals surface area contributed by atoms with Crippen LogP contribution in [0.4, 0.5) is 5.82 Å². The van der Waals surface area contributed by atoms with Gasteiger partial charge in [-0.2, -0.15) is 5.10 Å². The van der Waals surface area contributed by atoms with Gasteiger partial charge in [0.05, 0.1) is 6.20 Å². The molecule has 0 aliphatic rings. The Bertz CT molecular complexity index is 868. The van der Waals surface area contributed by atoms with Crippen molar-refractivity contribution in [3.05, 3.63) is 47.7 Å². The van der Waals surface area contributed by atoms with Gasteiger partial charge in [0.25, 0.3) is 5.91 Å². The van der Waals surface area contributed by atoms with Crippen LogP contribution in [0, 0.1) is 5.92 Å². The number of nitrogens with one attached hydrogen (secondary N) is 4. The summed E-state index contributed by atoms with van der Waals surface area (Å²) < 4.78 is 0. The molecule has 0 aliphatic heterocycles. The summed E-state index contributed by atoms with van der Waals surface area (Å²) in [6, 6.07) is 8.42. The lowest BCUT2D eigenvalue weighted by atomic mass is 9.87. The van der Waals surface area contributed by atoms with E-state index in [0.29, 0.717) is 17.8 Å². The topological polar surface area (TPSA) is 116 Å². The molecule has 0 fully saturated rings. The van der Waals surface area contributed by atoms with Crippen LogP contribution >= 0.6 is 0 Å². The Morgan fingerprint density at radius 2 is 1.74 bits per heavy atom. The molecule has 0 radical (unpaired) electrons. The average molecular weight is 428 g/mol. The quantitative estimate of drug-likeness (QED) is 0.492. The van der Waals surface area contributed by atoms with E-state index in [9.17, 15) is 14.4 Å². The lowest BCUT2D eigenvalue weighted by Gasteiger charge is -2.20. The molecule has 168 valence electrons. The molecule has 8 nitrogen and oxygen atoms in total. The molecule has 8 heteroatoms. The molecular weight excluding hydrogens is 394 g/mol. The molecule has 1 unspecified atom stereocenters. The lowest BCUT2D eigenvalue weighted by Crippen LogP contribution is -2.45. The summed E-state index contributed by atoms with van der Waals surface area (Å²) in [5, 5.41) is 14.7. The molecule has 3 amide bonds. The summed E-state index contributed by atoms with van der Waals surface area (Å²) >= 11 is 0. The zero-order chi connectivity index (χ0) is 23.0. The van der Waals surface area contributed by atoms with Gasteiger partial charge in [-0.05, 0) is 35.4 Å². The summed E-state index contributed by atoms with van der Waals surface area (Å²) in [5.74, 6) is -0.154. The number of H-pyrrole nitrogens is 1. The van der Waals surface area contributed by atoms with E-state index in [0.717, 1.165) is 5.56 Å². The number of nitrogens with zero attached hydrogens (tertiary/aromatic N) is 1. The fourth-order valence-electron chi connectivity index (χ4n) is 3.03. The molecule has 2 aromatic rings. The Labute approximate surface area is 183 Å². The zero-order valence-corrected chi connectivity index (χ0v) is 18.9. The molecule has 0 saturated heterocycles. The van der Waals surface area contributed by atoms with Crippen LogP contribution in [0.3, 0.4) is 0 Å². The van der Waals surface area contributed by atoms with Crippen LogP contribution in [0.1, 0.15) is 63.4 Å². The number of aromatic amines is 1. The van der Waals surface area contributed by atoms with Crippen molar-refractivity contribution in [3.63, 3.8) is 0 Å². The first-order valence-electron chi connectivity index (χ1n) is 10.5. The van der Waals surface area contributed by atoms with Crippen LogP contribution in [0.15, 0.2) is 36.5 Å². The van der Waals surface area contributed by atoms with E-state index in [2.05, 4.69) is 46.9 Å². The van der Waals surface area contributed by atoms with E-state index in [1.807, 2.05) is 26.0 Å². The van der Waals surface area contributed by atoms with Gasteiger partial charge in [-0.3, -0.25) is 19.5 Å². The first-order valence-corrected chi connectivity index (χ1v) is 10.5. The van der Waals surface area contributed by atoms with Crippen molar-refractivity contribution in [2.24, 2.45) is 5.92 Å². The Hall–Kier alpha value is -3.16. The third-order valence-corrected chi connectivity index (χ3v) is 4.77. The van der Waals surface area contributed by atoms with Crippen molar-refractivity contribution in [2.45, 2.75) is 58.9 Å². The highest BCUT2D eigenvalue weighted by atomic mass is 16.2. The zero-order valence-electron chi connectivity index (χ0n) is 18.9. The highest BCUT2D eigenvalue weighted by molar-refractivity contribution is 5.97. The van der Waals surface area contributed by atoms with Gasteiger partial charge in [-0.1, -0.05) is 46.8 Å². The second-order valence-corrected chi connectivity index (χ2v) is 9.04. The summed E-state index contributed by atoms with van der Waals surface area (Å²) in [6.45, 7) is 10.5. The smallest absolute Gasteiger partial charge is 0.251 e. The van der Waals surface area contributed by atoms with Crippen LogP contribution in [0.25, 0.3) is 0 Å². The fourth-order valence-corrected chi connectivity index (χ4v) is 3.03. The Kier molecular flexibility index (Phi) is 8.36. The van der Waals surface area contributed by atoms with Crippen molar-refractivity contribution in [2.75, 3.05) is 11.9 Å². The maximum Gasteiger partial charge on any atom is 0.251 e. The van der Waals surface area contributed by atoms with Crippen LogP contribution in [-0.4, -0.2) is 40.5 Å². The molecule has 0 spiro atoms. The van der Waals surface area contributed by atoms with Gasteiger partial charge in [0.2, 0.25) is 11.8 Å². The van der Waals surface area contributed by atoms with Gasteiger partial charge < -0.3 is 16.0 Å². The molecule has 0 bridgehead atoms. The number of carbonyl (C=O) groups excluding carboxylic acids is 3. The number of hydrogen-bond acceptors (Lipinski definition) is 4. The van der Waals surface area contributed by atoms with Gasteiger partial charge in [0.1, 0.15) is 11.9 Å². The monoisotopic (exact) mass is 427 g/mol. The van der Waals surface area contributed by atoms with Gasteiger partial charge in [0, 0.05) is 24.6 Å². The van der Waals surface area contributed by atoms with Crippen molar-refractivity contribution < 1.29 is 14.4 Å². The summed E-state index contributed by atoms with van der Waals surface area (Å²) in [4.78, 5) is 37.2. The Morgan fingerprint density at radius 3 is 2.29 bits per heavy atom. The number of rotatable bonds is 9. The van der Waals surface area contributed by atoms with Crippen molar-refractivity contribution in [1.29, 1.82) is 0 Å². The molecule has 1 aromatic carbocycles. The minimum absolute atomic E-state index is 0.0172. The van der Waals surface area contributed by atoms with E-state index >= 15 is 0 Å². The first kappa shape index (κ1) is 24.1. The van der Waals surface area contributed by atoms with E-state index in [4.69, 9.17) is 0 Å². The highest BCUT2D eigenvalue weighted by Crippen LogP contribution is 2.22. The first-order chi connectivity index (χ1) is 14.6. The van der Waals surface area contributed by atoms with Crippen LogP contribution in [-0.2, 0) is 15.0 Å². The van der Waals surface area contributed by atoms with Crippen molar-refractivity contribution in [1.82, 2.24) is 20.8 Å². The predicted molar refractivity (Wildman–Crippen MR) is 121 cm³/mol. The lowest BCUT2D eigenvalue weighted by molar-refractivity contribution is -0.126. The number of carbonyl (C=O) groups is 3. The molecular formula is C23H33N5O3. The molecule has 0 aliphatic carbocycles. The number of aromatic nitrogens is 2. The standard InChI is InChI=1S/C23H33N5O3/c1-15(2)14-18(22(31)27-19-10-13-25-28-19)26-20(29)11-12-24-21(30)16-6-8-17(9-7-16)23(3,4)5/h6-10,13,15,18H,11-12,14H2,1-5H3,(H,24,30)(H,26,29)(H2,25,27,28,31). The Balaban J connectivity index is 1.84. The number of benzene rings is 1. The average Bonchev–Trinajstić information content (AvgIpc) is 3.19. The maximum absolute atomic E-state index is 12.5. The van der Waals surface area contributed by atoms with E-state index < -0.39 is 6.04 Å². The number of amides is 3. The molecule has 2 rings (SSSR count). The molecule has 0 saturated carbocycles. The van der Waals surface area contributed by atoms with Crippen molar-refractivity contribution >= 4 is 23.5 Å². The second-order valence-electron chi connectivity index (χ2n) is 9.04. The highest BCUT2D eigenvalue weighted by Gasteiger charge is 2.22. The summed E-state index contributed by atoms with van der Waals surface area (Å²) in [7, 11) is 0. The molecule has 1 aromatic heterocycles. The van der Waals surface area contributed by atoms with Crippen LogP contribution in [0.5, 0.6) is 0 Å². The van der Waals surface area contributed by atoms with Crippen LogP contribution < -0.4 is 16.0 Å². The third-order valence-electron chi connectivity index (χ3n) is 4.77.